The molecule has 0 aliphatic heterocycles. The highest BCUT2D eigenvalue weighted by Crippen LogP contribution is 2.16. The number of aromatic carboxylic acids is 1. The van der Waals surface area contributed by atoms with Gasteiger partial charge in [-0.1, -0.05) is 6.07 Å². The summed E-state index contributed by atoms with van der Waals surface area (Å²) in [4.78, 5) is 26.5. The van der Waals surface area contributed by atoms with Gasteiger partial charge in [-0.15, -0.1) is 0 Å². The van der Waals surface area contributed by atoms with E-state index in [-0.39, 0.29) is 11.5 Å². The summed E-state index contributed by atoms with van der Waals surface area (Å²) in [5.41, 5.74) is -0.375. The number of nitrogens with two attached hydrogens (primary N) is 1. The predicted octanol–water partition coefficient (Wildman–Crippen LogP) is 1.70. The number of aromatic nitrogens is 1. The molecule has 1 amide bonds. The van der Waals surface area contributed by atoms with Crippen LogP contribution in [-0.4, -0.2) is 27.8 Å². The van der Waals surface area contributed by atoms with Crippen molar-refractivity contribution < 1.29 is 19.4 Å². The van der Waals surface area contributed by atoms with E-state index in [0.717, 1.165) is 0 Å². The van der Waals surface area contributed by atoms with Crippen molar-refractivity contribution in [3.8, 4) is 0 Å². The molecule has 0 atom stereocenters. The maximum atomic E-state index is 11.7. The van der Waals surface area contributed by atoms with Crippen LogP contribution in [0.5, 0.6) is 0 Å². The number of rotatable bonds is 2. The van der Waals surface area contributed by atoms with E-state index in [1.54, 1.807) is 27.7 Å². The van der Waals surface area contributed by atoms with Gasteiger partial charge in [-0.05, 0) is 39.3 Å². The van der Waals surface area contributed by atoms with Crippen LogP contribution in [0.4, 0.5) is 10.6 Å². The van der Waals surface area contributed by atoms with Crippen molar-refractivity contribution >= 4 is 17.9 Å². The number of hydrogen-bond donors (Lipinski definition) is 2. The third-order valence-electron chi connectivity index (χ3n) is 2.12. The van der Waals surface area contributed by atoms with E-state index in [0.29, 0.717) is 10.6 Å². The Bertz CT molecular complexity index is 508. The van der Waals surface area contributed by atoms with Crippen LogP contribution in [0.25, 0.3) is 0 Å². The number of aryl methyl sites for hydroxylation is 1. The Labute approximate surface area is 111 Å². The molecule has 1 aromatic heterocycles. The zero-order chi connectivity index (χ0) is 14.8. The summed E-state index contributed by atoms with van der Waals surface area (Å²) >= 11 is 0. The molecule has 0 radical (unpaired) electrons. The number of ether oxygens (including phenoxy) is 1. The van der Waals surface area contributed by atoms with Crippen LogP contribution in [0.15, 0.2) is 12.1 Å². The molecule has 3 N–H and O–H groups in total. The lowest BCUT2D eigenvalue weighted by molar-refractivity contribution is 0.0576. The summed E-state index contributed by atoms with van der Waals surface area (Å²) in [5, 5.41) is 9.64. The smallest absolute Gasteiger partial charge is 0.430 e. The molecule has 0 aliphatic rings. The van der Waals surface area contributed by atoms with E-state index in [2.05, 4.69) is 4.98 Å². The molecule has 1 rings (SSSR count). The number of carbonyl (C=O) groups excluding carboxylic acids is 1. The Balaban J connectivity index is 3.00. The Kier molecular flexibility index (Phi) is 4.10. The maximum Gasteiger partial charge on any atom is 0.430 e. The molecule has 7 nitrogen and oxygen atoms in total. The summed E-state index contributed by atoms with van der Waals surface area (Å²) in [6.45, 7) is 6.70. The second kappa shape index (κ2) is 5.23. The van der Waals surface area contributed by atoms with Gasteiger partial charge in [0.05, 0.1) is 0 Å². The molecule has 0 spiro atoms. The lowest BCUT2D eigenvalue weighted by atomic mass is 10.2. The van der Waals surface area contributed by atoms with Gasteiger partial charge in [-0.3, -0.25) is 0 Å². The lowest BCUT2D eigenvalue weighted by Gasteiger charge is -2.23. The van der Waals surface area contributed by atoms with Gasteiger partial charge in [0.1, 0.15) is 5.60 Å². The second-order valence-corrected chi connectivity index (χ2v) is 4.99. The highest BCUT2D eigenvalue weighted by molar-refractivity contribution is 5.89. The van der Waals surface area contributed by atoms with Crippen LogP contribution in [0.2, 0.25) is 0 Å². The summed E-state index contributed by atoms with van der Waals surface area (Å²) in [6, 6.07) is 2.97. The molecule has 19 heavy (non-hydrogen) atoms. The van der Waals surface area contributed by atoms with Gasteiger partial charge >= 0.3 is 12.1 Å². The fraction of sp³-hybridized carbons (Fsp3) is 0.417. The SMILES string of the molecule is Cc1ccc(N(N)C(=O)OC(C)(C)C)nc1C(=O)O. The first-order valence-electron chi connectivity index (χ1n) is 5.60. The average molecular weight is 267 g/mol. The topological polar surface area (TPSA) is 106 Å². The number of carbonyl (C=O) groups is 2. The molecule has 1 aromatic rings. The third-order valence-corrected chi connectivity index (χ3v) is 2.12. The van der Waals surface area contributed by atoms with Crippen molar-refractivity contribution in [3.63, 3.8) is 0 Å². The highest BCUT2D eigenvalue weighted by atomic mass is 16.6. The summed E-state index contributed by atoms with van der Waals surface area (Å²) < 4.78 is 5.06. The van der Waals surface area contributed by atoms with E-state index < -0.39 is 17.7 Å². The van der Waals surface area contributed by atoms with Crippen LogP contribution in [0, 0.1) is 6.92 Å². The molecule has 104 valence electrons. The average Bonchev–Trinajstić information content (AvgIpc) is 2.26. The standard InChI is InChI=1S/C12H17N3O4/c1-7-5-6-8(14-9(7)10(16)17)15(13)11(18)19-12(2,3)4/h5-6H,13H2,1-4H3,(H,16,17). The van der Waals surface area contributed by atoms with Crippen LogP contribution < -0.4 is 10.9 Å². The van der Waals surface area contributed by atoms with Gasteiger partial charge in [0.15, 0.2) is 11.5 Å². The Morgan fingerprint density at radius 2 is 1.95 bits per heavy atom. The second-order valence-electron chi connectivity index (χ2n) is 4.99. The zero-order valence-electron chi connectivity index (χ0n) is 11.3. The van der Waals surface area contributed by atoms with Crippen LogP contribution in [-0.2, 0) is 4.74 Å². The molecular formula is C12H17N3O4. The Morgan fingerprint density at radius 1 is 1.37 bits per heavy atom. The molecule has 0 aliphatic carbocycles. The minimum Gasteiger partial charge on any atom is -0.477 e. The van der Waals surface area contributed by atoms with Crippen molar-refractivity contribution in [1.82, 2.24) is 4.98 Å². The first kappa shape index (κ1) is 14.9. The molecule has 0 unspecified atom stereocenters. The van der Waals surface area contributed by atoms with Gasteiger partial charge in [0, 0.05) is 0 Å². The van der Waals surface area contributed by atoms with Gasteiger partial charge in [-0.2, -0.15) is 5.01 Å². The monoisotopic (exact) mass is 267 g/mol. The number of nitrogens with zero attached hydrogens (tertiary/aromatic N) is 2. The zero-order valence-corrected chi connectivity index (χ0v) is 11.3. The lowest BCUT2D eigenvalue weighted by Crippen LogP contribution is -2.42. The van der Waals surface area contributed by atoms with Gasteiger partial charge < -0.3 is 9.84 Å². The van der Waals surface area contributed by atoms with Crippen LogP contribution >= 0.6 is 0 Å². The van der Waals surface area contributed by atoms with Gasteiger partial charge in [-0.25, -0.2) is 20.4 Å². The summed E-state index contributed by atoms with van der Waals surface area (Å²) in [5.74, 6) is 4.40. The van der Waals surface area contributed by atoms with Crippen molar-refractivity contribution in [3.05, 3.63) is 23.4 Å². The van der Waals surface area contributed by atoms with Crippen molar-refractivity contribution in [2.75, 3.05) is 5.01 Å². The minimum absolute atomic E-state index is 0.0113. The summed E-state index contributed by atoms with van der Waals surface area (Å²) in [6.07, 6.45) is -0.805. The number of amides is 1. The fourth-order valence-corrected chi connectivity index (χ4v) is 1.27. The van der Waals surface area contributed by atoms with E-state index in [1.807, 2.05) is 0 Å². The van der Waals surface area contributed by atoms with E-state index in [4.69, 9.17) is 15.7 Å². The van der Waals surface area contributed by atoms with Crippen molar-refractivity contribution in [2.45, 2.75) is 33.3 Å². The molecule has 7 heteroatoms. The largest absolute Gasteiger partial charge is 0.477 e. The number of hydrogen-bond acceptors (Lipinski definition) is 5. The van der Waals surface area contributed by atoms with Crippen LogP contribution in [0.1, 0.15) is 36.8 Å². The molecule has 1 heterocycles. The number of anilines is 1. The fourth-order valence-electron chi connectivity index (χ4n) is 1.27. The summed E-state index contributed by atoms with van der Waals surface area (Å²) in [7, 11) is 0. The molecule has 0 bridgehead atoms. The normalized spacial score (nSPS) is 11.0. The van der Waals surface area contributed by atoms with Gasteiger partial charge in [0.2, 0.25) is 0 Å². The number of hydrazine groups is 1. The maximum absolute atomic E-state index is 11.7. The van der Waals surface area contributed by atoms with E-state index >= 15 is 0 Å². The molecule has 0 aromatic carbocycles. The molecular weight excluding hydrogens is 250 g/mol. The van der Waals surface area contributed by atoms with Crippen molar-refractivity contribution in [1.29, 1.82) is 0 Å². The van der Waals surface area contributed by atoms with Gasteiger partial charge in [0.25, 0.3) is 0 Å². The number of carboxylic acids is 1. The van der Waals surface area contributed by atoms with E-state index in [1.165, 1.54) is 12.1 Å². The third kappa shape index (κ3) is 3.92. The molecule has 0 saturated carbocycles. The molecule has 0 fully saturated rings. The Hall–Kier alpha value is -2.15. The molecule has 0 saturated heterocycles. The number of pyridine rings is 1. The van der Waals surface area contributed by atoms with E-state index in [9.17, 15) is 9.59 Å². The number of carboxylic acid groups (broad SMARTS) is 1. The quantitative estimate of drug-likeness (QED) is 0.480. The minimum atomic E-state index is -1.18. The van der Waals surface area contributed by atoms with Crippen LogP contribution in [0.3, 0.4) is 0 Å². The first-order valence-corrected chi connectivity index (χ1v) is 5.60. The van der Waals surface area contributed by atoms with Crippen molar-refractivity contribution in [2.24, 2.45) is 5.84 Å². The first-order chi connectivity index (χ1) is 8.61. The predicted molar refractivity (Wildman–Crippen MR) is 68.8 cm³/mol. The Morgan fingerprint density at radius 3 is 2.42 bits per heavy atom. The highest BCUT2D eigenvalue weighted by Gasteiger charge is 2.23.